The molecule has 1 amide bonds. The minimum absolute atomic E-state index is 0.198. The molecule has 6 nitrogen and oxygen atoms in total. The predicted octanol–water partition coefficient (Wildman–Crippen LogP) is 4.56. The normalized spacial score (nSPS) is 11.3. The number of carbonyl (C=O) groups excluding carboxylic acids is 1. The highest BCUT2D eigenvalue weighted by molar-refractivity contribution is 7.20. The van der Waals surface area contributed by atoms with Gasteiger partial charge in [0.2, 0.25) is 5.13 Å². The number of carbonyl (C=O) groups is 1. The lowest BCUT2D eigenvalue weighted by Gasteiger charge is -2.05. The SMILES string of the molecule is Cc1ccc(NC(=O)c2cc(C(C)C)n(-c3nc4ccccc4s3)n2)nc1. The number of anilines is 1. The number of aromatic nitrogens is 4. The Hall–Kier alpha value is -3.06. The fourth-order valence-corrected chi connectivity index (χ4v) is 3.68. The number of fused-ring (bicyclic) bond motifs is 1. The van der Waals surface area contributed by atoms with Crippen LogP contribution < -0.4 is 5.32 Å². The summed E-state index contributed by atoms with van der Waals surface area (Å²) in [6, 6.07) is 13.5. The van der Waals surface area contributed by atoms with Gasteiger partial charge in [-0.05, 0) is 42.7 Å². The molecule has 0 spiro atoms. The Balaban J connectivity index is 1.69. The standard InChI is InChI=1S/C20H19N5OS/c1-12(2)16-10-15(19(26)23-18-9-8-13(3)11-21-18)24-25(16)20-22-14-6-4-5-7-17(14)27-20/h4-12H,1-3H3,(H,21,23,26). The molecule has 0 saturated heterocycles. The first-order valence-corrected chi connectivity index (χ1v) is 9.53. The Morgan fingerprint density at radius 3 is 2.70 bits per heavy atom. The molecule has 0 bridgehead atoms. The molecule has 27 heavy (non-hydrogen) atoms. The van der Waals surface area contributed by atoms with Gasteiger partial charge in [-0.15, -0.1) is 0 Å². The van der Waals surface area contributed by atoms with Crippen LogP contribution in [0.5, 0.6) is 0 Å². The van der Waals surface area contributed by atoms with Crippen LogP contribution in [0.15, 0.2) is 48.7 Å². The molecule has 0 aliphatic rings. The second-order valence-electron chi connectivity index (χ2n) is 6.66. The molecule has 0 aliphatic heterocycles. The van der Waals surface area contributed by atoms with Crippen LogP contribution in [0.3, 0.4) is 0 Å². The molecule has 0 radical (unpaired) electrons. The molecule has 4 aromatic rings. The van der Waals surface area contributed by atoms with Gasteiger partial charge in [0.25, 0.3) is 5.91 Å². The van der Waals surface area contributed by atoms with Crippen LogP contribution >= 0.6 is 11.3 Å². The monoisotopic (exact) mass is 377 g/mol. The van der Waals surface area contributed by atoms with Crippen molar-refractivity contribution in [3.63, 3.8) is 0 Å². The summed E-state index contributed by atoms with van der Waals surface area (Å²) in [5, 5.41) is 8.09. The minimum Gasteiger partial charge on any atom is -0.305 e. The highest BCUT2D eigenvalue weighted by atomic mass is 32.1. The van der Waals surface area contributed by atoms with E-state index in [-0.39, 0.29) is 11.8 Å². The van der Waals surface area contributed by atoms with Crippen LogP contribution in [0.1, 0.15) is 41.5 Å². The topological polar surface area (TPSA) is 72.7 Å². The van der Waals surface area contributed by atoms with Crippen molar-refractivity contribution in [3.05, 3.63) is 65.6 Å². The van der Waals surface area contributed by atoms with E-state index in [9.17, 15) is 4.79 Å². The average molecular weight is 377 g/mol. The lowest BCUT2D eigenvalue weighted by molar-refractivity contribution is 0.102. The summed E-state index contributed by atoms with van der Waals surface area (Å²) in [5.74, 6) is 0.419. The number of nitrogens with zero attached hydrogens (tertiary/aromatic N) is 4. The van der Waals surface area contributed by atoms with Gasteiger partial charge in [-0.3, -0.25) is 4.79 Å². The van der Waals surface area contributed by atoms with Crippen LogP contribution in [0.25, 0.3) is 15.3 Å². The van der Waals surface area contributed by atoms with Crippen LogP contribution in [-0.2, 0) is 0 Å². The maximum absolute atomic E-state index is 12.6. The highest BCUT2D eigenvalue weighted by Crippen LogP contribution is 2.28. The first kappa shape index (κ1) is 17.4. The Kier molecular flexibility index (Phi) is 4.45. The molecule has 0 unspecified atom stereocenters. The summed E-state index contributed by atoms with van der Waals surface area (Å²) in [6.07, 6.45) is 1.72. The quantitative estimate of drug-likeness (QED) is 0.566. The Labute approximate surface area is 160 Å². The third kappa shape index (κ3) is 3.46. The molecule has 7 heteroatoms. The summed E-state index contributed by atoms with van der Waals surface area (Å²) in [4.78, 5) is 21.5. The van der Waals surface area contributed by atoms with E-state index in [1.807, 2.05) is 43.3 Å². The third-order valence-corrected chi connectivity index (χ3v) is 5.19. The van der Waals surface area contributed by atoms with E-state index in [0.29, 0.717) is 11.5 Å². The first-order valence-electron chi connectivity index (χ1n) is 8.71. The maximum atomic E-state index is 12.6. The summed E-state index contributed by atoms with van der Waals surface area (Å²) < 4.78 is 2.86. The van der Waals surface area contributed by atoms with Crippen molar-refractivity contribution in [2.24, 2.45) is 0 Å². The van der Waals surface area contributed by atoms with Crippen LogP contribution in [0, 0.1) is 6.92 Å². The fraction of sp³-hybridized carbons (Fsp3) is 0.200. The Morgan fingerprint density at radius 1 is 1.19 bits per heavy atom. The molecule has 0 saturated carbocycles. The largest absolute Gasteiger partial charge is 0.305 e. The van der Waals surface area contributed by atoms with Crippen molar-refractivity contribution in [1.82, 2.24) is 19.7 Å². The van der Waals surface area contributed by atoms with Crippen molar-refractivity contribution in [1.29, 1.82) is 0 Å². The van der Waals surface area contributed by atoms with Crippen molar-refractivity contribution < 1.29 is 4.79 Å². The van der Waals surface area contributed by atoms with Gasteiger partial charge in [-0.25, -0.2) is 14.6 Å². The second-order valence-corrected chi connectivity index (χ2v) is 7.67. The van der Waals surface area contributed by atoms with Crippen molar-refractivity contribution in [2.75, 3.05) is 5.32 Å². The number of pyridine rings is 1. The molecule has 3 aromatic heterocycles. The number of amides is 1. The molecule has 136 valence electrons. The van der Waals surface area contributed by atoms with Crippen LogP contribution in [-0.4, -0.2) is 25.7 Å². The van der Waals surface area contributed by atoms with Crippen molar-refractivity contribution in [2.45, 2.75) is 26.7 Å². The van der Waals surface area contributed by atoms with Gasteiger partial charge in [0, 0.05) is 6.20 Å². The average Bonchev–Trinajstić information content (AvgIpc) is 3.27. The first-order chi connectivity index (χ1) is 13.0. The summed E-state index contributed by atoms with van der Waals surface area (Å²) in [7, 11) is 0. The zero-order valence-corrected chi connectivity index (χ0v) is 16.1. The number of rotatable bonds is 4. The summed E-state index contributed by atoms with van der Waals surface area (Å²) in [6.45, 7) is 6.10. The molecular weight excluding hydrogens is 358 g/mol. The second kappa shape index (κ2) is 6.92. The zero-order valence-electron chi connectivity index (χ0n) is 15.3. The molecule has 0 atom stereocenters. The predicted molar refractivity (Wildman–Crippen MR) is 108 cm³/mol. The minimum atomic E-state index is -0.284. The van der Waals surface area contributed by atoms with Gasteiger partial charge < -0.3 is 5.32 Å². The maximum Gasteiger partial charge on any atom is 0.277 e. The molecule has 0 aliphatic carbocycles. The molecule has 1 aromatic carbocycles. The summed E-state index contributed by atoms with van der Waals surface area (Å²) in [5.41, 5.74) is 3.25. The number of hydrogen-bond donors (Lipinski definition) is 1. The number of aryl methyl sites for hydroxylation is 1. The Morgan fingerprint density at radius 2 is 2.00 bits per heavy atom. The molecule has 3 heterocycles. The van der Waals surface area contributed by atoms with E-state index in [4.69, 9.17) is 0 Å². The fourth-order valence-electron chi connectivity index (χ4n) is 2.74. The van der Waals surface area contributed by atoms with E-state index < -0.39 is 0 Å². The van der Waals surface area contributed by atoms with Gasteiger partial charge in [-0.2, -0.15) is 5.10 Å². The number of benzene rings is 1. The Bertz CT molecular complexity index is 1080. The van der Waals surface area contributed by atoms with Gasteiger partial charge >= 0.3 is 0 Å². The van der Waals surface area contributed by atoms with Gasteiger partial charge in [-0.1, -0.05) is 43.4 Å². The van der Waals surface area contributed by atoms with Crippen molar-refractivity contribution >= 4 is 33.3 Å². The van der Waals surface area contributed by atoms with Crippen LogP contribution in [0.2, 0.25) is 0 Å². The van der Waals surface area contributed by atoms with Crippen molar-refractivity contribution in [3.8, 4) is 5.13 Å². The molecule has 1 N–H and O–H groups in total. The number of hydrogen-bond acceptors (Lipinski definition) is 5. The van der Waals surface area contributed by atoms with Gasteiger partial charge in [0.15, 0.2) is 5.69 Å². The highest BCUT2D eigenvalue weighted by Gasteiger charge is 2.19. The lowest BCUT2D eigenvalue weighted by Crippen LogP contribution is -2.14. The molecular formula is C20H19N5OS. The van der Waals surface area contributed by atoms with Crippen LogP contribution in [0.4, 0.5) is 5.82 Å². The number of thiazole rings is 1. The van der Waals surface area contributed by atoms with E-state index in [1.54, 1.807) is 28.3 Å². The number of nitrogens with one attached hydrogen (secondary N) is 1. The van der Waals surface area contributed by atoms with E-state index >= 15 is 0 Å². The van der Waals surface area contributed by atoms with Gasteiger partial charge in [0.1, 0.15) is 5.82 Å². The van der Waals surface area contributed by atoms with E-state index in [1.165, 1.54) is 0 Å². The smallest absolute Gasteiger partial charge is 0.277 e. The third-order valence-electron chi connectivity index (χ3n) is 4.18. The molecule has 4 rings (SSSR count). The molecule has 0 fully saturated rings. The zero-order chi connectivity index (χ0) is 19.0. The lowest BCUT2D eigenvalue weighted by atomic mass is 10.1. The summed E-state index contributed by atoms with van der Waals surface area (Å²) >= 11 is 1.56. The van der Waals surface area contributed by atoms with E-state index in [0.717, 1.165) is 26.6 Å². The van der Waals surface area contributed by atoms with E-state index in [2.05, 4.69) is 34.2 Å². The van der Waals surface area contributed by atoms with Gasteiger partial charge in [0.05, 0.1) is 15.9 Å². The number of para-hydroxylation sites is 1.